The molecule has 4 atom stereocenters. The monoisotopic (exact) mass is 359 g/mol. The van der Waals surface area contributed by atoms with Crippen LogP contribution in [0.25, 0.3) is 0 Å². The Morgan fingerprint density at radius 3 is 1.92 bits per heavy atom. The van der Waals surface area contributed by atoms with Crippen molar-refractivity contribution in [1.29, 1.82) is 0 Å². The molecule has 0 heterocycles. The summed E-state index contributed by atoms with van der Waals surface area (Å²) in [5, 5.41) is 25.1. The van der Waals surface area contributed by atoms with Gasteiger partial charge >= 0.3 is 5.97 Å². The Hall–Kier alpha value is -1.18. The van der Waals surface area contributed by atoms with Gasteiger partial charge < -0.3 is 26.6 Å². The Kier molecular flexibility index (Phi) is 10.9. The molecular weight excluding hydrogens is 322 g/mol. The minimum Gasteiger partial charge on any atom is -0.480 e. The third-order valence-electron chi connectivity index (χ3n) is 4.07. The third kappa shape index (κ3) is 9.77. The van der Waals surface area contributed by atoms with E-state index in [1.54, 1.807) is 13.8 Å². The number of carboxylic acids is 1. The normalized spacial score (nSPS) is 16.8. The highest BCUT2D eigenvalue weighted by atomic mass is 16.4. The van der Waals surface area contributed by atoms with Crippen LogP contribution in [0.5, 0.6) is 0 Å². The van der Waals surface area contributed by atoms with E-state index in [4.69, 9.17) is 5.73 Å². The highest BCUT2D eigenvalue weighted by Crippen LogP contribution is 2.09. The molecule has 0 aliphatic carbocycles. The molecule has 0 saturated carbocycles. The number of carboxylic acid groups (broad SMARTS) is 1. The van der Waals surface area contributed by atoms with Gasteiger partial charge in [-0.15, -0.1) is 0 Å². The Bertz CT molecular complexity index is 413. The van der Waals surface area contributed by atoms with Crippen molar-refractivity contribution in [3.8, 4) is 0 Å². The molecule has 0 aliphatic heterocycles. The maximum Gasteiger partial charge on any atom is 0.326 e. The smallest absolute Gasteiger partial charge is 0.326 e. The fourth-order valence-electron chi connectivity index (χ4n) is 2.64. The predicted octanol–water partition coefficient (Wildman–Crippen LogP) is 0.950. The van der Waals surface area contributed by atoms with Gasteiger partial charge in [0.2, 0.25) is 5.91 Å². The summed E-state index contributed by atoms with van der Waals surface area (Å²) in [5.41, 5.74) is 5.97. The number of rotatable bonds is 12. The number of hydrogen-bond donors (Lipinski definition) is 5. The first-order valence-corrected chi connectivity index (χ1v) is 9.15. The average molecular weight is 360 g/mol. The summed E-state index contributed by atoms with van der Waals surface area (Å²) in [6.07, 6.45) is 0.478. The van der Waals surface area contributed by atoms with Crippen LogP contribution in [0.3, 0.4) is 0 Å². The molecule has 0 aromatic carbocycles. The van der Waals surface area contributed by atoms with Crippen molar-refractivity contribution in [3.05, 3.63) is 0 Å². The topological polar surface area (TPSA) is 125 Å². The van der Waals surface area contributed by atoms with Crippen LogP contribution in [0.1, 0.15) is 54.4 Å². The first kappa shape index (κ1) is 23.8. The number of nitrogens with one attached hydrogen (secondary N) is 2. The summed E-state index contributed by atoms with van der Waals surface area (Å²) >= 11 is 0. The minimum atomic E-state index is -1.05. The molecule has 0 radical (unpaired) electrons. The number of amides is 1. The van der Waals surface area contributed by atoms with Gasteiger partial charge in [-0.05, 0) is 30.6 Å². The second-order valence-corrected chi connectivity index (χ2v) is 8.02. The van der Waals surface area contributed by atoms with Gasteiger partial charge in [-0.2, -0.15) is 0 Å². The molecule has 148 valence electrons. The molecule has 0 fully saturated rings. The molecule has 1 unspecified atom stereocenters. The fraction of sp³-hybridized carbons (Fsp3) is 0.889. The highest BCUT2D eigenvalue weighted by molar-refractivity contribution is 5.87. The molecule has 6 N–H and O–H groups in total. The molecule has 0 aromatic rings. The van der Waals surface area contributed by atoms with Gasteiger partial charge in [0, 0.05) is 12.6 Å². The Morgan fingerprint density at radius 2 is 1.52 bits per heavy atom. The number of aliphatic carboxylic acids is 1. The molecular formula is C18H37N3O4. The lowest BCUT2D eigenvalue weighted by atomic mass is 9.98. The lowest BCUT2D eigenvalue weighted by molar-refractivity contribution is -0.143. The van der Waals surface area contributed by atoms with Crippen molar-refractivity contribution < 1.29 is 19.8 Å². The Morgan fingerprint density at radius 1 is 1.00 bits per heavy atom. The van der Waals surface area contributed by atoms with Crippen LogP contribution in [-0.4, -0.2) is 52.9 Å². The lowest BCUT2D eigenvalue weighted by Crippen LogP contribution is -2.54. The molecule has 0 bridgehead atoms. The summed E-state index contributed by atoms with van der Waals surface area (Å²) < 4.78 is 0. The molecule has 7 heteroatoms. The molecule has 1 amide bonds. The van der Waals surface area contributed by atoms with Crippen LogP contribution in [0, 0.1) is 17.8 Å². The van der Waals surface area contributed by atoms with Crippen molar-refractivity contribution in [2.45, 2.75) is 78.6 Å². The second-order valence-electron chi connectivity index (χ2n) is 8.02. The molecule has 7 nitrogen and oxygen atoms in total. The summed E-state index contributed by atoms with van der Waals surface area (Å²) in [6, 6.07) is -1.86. The molecule has 0 aliphatic rings. The van der Waals surface area contributed by atoms with Crippen molar-refractivity contribution in [2.24, 2.45) is 23.5 Å². The summed E-state index contributed by atoms with van der Waals surface area (Å²) in [6.45, 7) is 11.7. The van der Waals surface area contributed by atoms with Crippen molar-refractivity contribution in [1.82, 2.24) is 10.6 Å². The van der Waals surface area contributed by atoms with Gasteiger partial charge in [-0.25, -0.2) is 4.79 Å². The van der Waals surface area contributed by atoms with Gasteiger partial charge in [0.25, 0.3) is 0 Å². The number of nitrogens with two attached hydrogens (primary N) is 1. The van der Waals surface area contributed by atoms with Gasteiger partial charge in [-0.3, -0.25) is 4.79 Å². The van der Waals surface area contributed by atoms with Gasteiger partial charge in [0.05, 0.1) is 12.1 Å². The zero-order valence-electron chi connectivity index (χ0n) is 16.5. The van der Waals surface area contributed by atoms with Crippen LogP contribution in [0.2, 0.25) is 0 Å². The number of aliphatic hydroxyl groups excluding tert-OH is 1. The average Bonchev–Trinajstić information content (AvgIpc) is 2.46. The zero-order valence-corrected chi connectivity index (χ0v) is 16.5. The third-order valence-corrected chi connectivity index (χ3v) is 4.07. The zero-order chi connectivity index (χ0) is 19.7. The molecule has 0 rings (SSSR count). The van der Waals surface area contributed by atoms with Crippen LogP contribution in [-0.2, 0) is 9.59 Å². The lowest BCUT2D eigenvalue weighted by Gasteiger charge is -2.27. The maximum atomic E-state index is 12.5. The van der Waals surface area contributed by atoms with E-state index in [-0.39, 0.29) is 30.3 Å². The quantitative estimate of drug-likeness (QED) is 0.353. The van der Waals surface area contributed by atoms with Crippen LogP contribution < -0.4 is 16.4 Å². The summed E-state index contributed by atoms with van der Waals surface area (Å²) in [4.78, 5) is 23.8. The number of carbonyl (C=O) groups is 2. The van der Waals surface area contributed by atoms with Crippen molar-refractivity contribution in [2.75, 3.05) is 6.54 Å². The van der Waals surface area contributed by atoms with E-state index in [1.807, 2.05) is 27.7 Å². The van der Waals surface area contributed by atoms with Crippen molar-refractivity contribution >= 4 is 11.9 Å². The van der Waals surface area contributed by atoms with Crippen LogP contribution in [0.15, 0.2) is 0 Å². The SMILES string of the molecule is CC(C)C[C@H](NCC(O)[C@@H](N)CC(C)C)C(=O)N[C@H](C(=O)O)C(C)C. The molecule has 25 heavy (non-hydrogen) atoms. The predicted molar refractivity (Wildman–Crippen MR) is 99.1 cm³/mol. The fourth-order valence-corrected chi connectivity index (χ4v) is 2.64. The minimum absolute atomic E-state index is 0.193. The van der Waals surface area contributed by atoms with Gasteiger partial charge in [0.1, 0.15) is 6.04 Å². The van der Waals surface area contributed by atoms with Crippen LogP contribution in [0.4, 0.5) is 0 Å². The summed E-state index contributed by atoms with van der Waals surface area (Å²) in [7, 11) is 0. The first-order valence-electron chi connectivity index (χ1n) is 9.15. The Balaban J connectivity index is 4.83. The van der Waals surface area contributed by atoms with E-state index in [9.17, 15) is 19.8 Å². The summed E-state index contributed by atoms with van der Waals surface area (Å²) in [5.74, 6) is -1.01. The number of aliphatic hydroxyl groups is 1. The van der Waals surface area contributed by atoms with E-state index in [0.717, 1.165) is 0 Å². The van der Waals surface area contributed by atoms with Gasteiger partial charge in [-0.1, -0.05) is 41.5 Å². The second kappa shape index (κ2) is 11.4. The van der Waals surface area contributed by atoms with E-state index in [0.29, 0.717) is 18.8 Å². The molecule has 0 spiro atoms. The number of carbonyl (C=O) groups excluding carboxylic acids is 1. The molecule has 0 saturated heterocycles. The first-order chi connectivity index (χ1) is 11.5. The largest absolute Gasteiger partial charge is 0.480 e. The highest BCUT2D eigenvalue weighted by Gasteiger charge is 2.28. The van der Waals surface area contributed by atoms with Crippen molar-refractivity contribution in [3.63, 3.8) is 0 Å². The Labute approximate surface area is 151 Å². The standard InChI is InChI=1S/C18H37N3O4/c1-10(2)7-13(19)15(22)9-20-14(8-11(3)4)17(23)21-16(12(5)6)18(24)25/h10-16,20,22H,7-9,19H2,1-6H3,(H,21,23)(H,24,25)/t13-,14-,15?,16-/m0/s1. The maximum absolute atomic E-state index is 12.5. The van der Waals surface area contributed by atoms with Gasteiger partial charge in [0.15, 0.2) is 0 Å². The van der Waals surface area contributed by atoms with E-state index in [2.05, 4.69) is 10.6 Å². The van der Waals surface area contributed by atoms with Crippen LogP contribution >= 0.6 is 0 Å². The van der Waals surface area contributed by atoms with E-state index in [1.165, 1.54) is 0 Å². The van der Waals surface area contributed by atoms with E-state index >= 15 is 0 Å². The van der Waals surface area contributed by atoms with E-state index < -0.39 is 24.2 Å². The molecule has 0 aromatic heterocycles. The number of hydrogen-bond acceptors (Lipinski definition) is 5.